The number of aromatic nitrogens is 4. The van der Waals surface area contributed by atoms with Gasteiger partial charge >= 0.3 is 0 Å². The number of aliphatic hydroxyl groups is 1. The van der Waals surface area contributed by atoms with Crippen molar-refractivity contribution in [2.24, 2.45) is 0 Å². The Morgan fingerprint density at radius 2 is 1.79 bits per heavy atom. The molecule has 0 saturated carbocycles. The van der Waals surface area contributed by atoms with Gasteiger partial charge in [0.1, 0.15) is 5.65 Å². The molecule has 1 N–H and O–H groups in total. The Kier molecular flexibility index (Phi) is 4.10. The van der Waals surface area contributed by atoms with Gasteiger partial charge in [-0.05, 0) is 32.0 Å². The predicted octanol–water partition coefficient (Wildman–Crippen LogP) is 4.60. The number of aryl methyl sites for hydroxylation is 2. The average Bonchev–Trinajstić information content (AvgIpc) is 3.19. The van der Waals surface area contributed by atoms with Crippen molar-refractivity contribution in [1.29, 1.82) is 0 Å². The van der Waals surface area contributed by atoms with E-state index in [2.05, 4.69) is 47.9 Å². The van der Waals surface area contributed by atoms with Gasteiger partial charge in [0.15, 0.2) is 5.65 Å². The molecule has 0 unspecified atom stereocenters. The molecule has 140 valence electrons. The zero-order valence-corrected chi connectivity index (χ0v) is 16.6. The summed E-state index contributed by atoms with van der Waals surface area (Å²) in [5.74, 6) is 0. The molecular formula is C22H20N4OS. The lowest BCUT2D eigenvalue weighted by molar-refractivity contribution is 0.279. The summed E-state index contributed by atoms with van der Waals surface area (Å²) in [5.41, 5.74) is 5.10. The fourth-order valence-electron chi connectivity index (χ4n) is 3.73. The number of benzene rings is 2. The molecule has 0 aliphatic rings. The first-order valence-corrected chi connectivity index (χ1v) is 10.1. The van der Waals surface area contributed by atoms with E-state index in [-0.39, 0.29) is 6.61 Å². The van der Waals surface area contributed by atoms with Crippen LogP contribution in [0.5, 0.6) is 0 Å². The molecule has 0 amide bonds. The number of rotatable bonds is 4. The highest BCUT2D eigenvalue weighted by Gasteiger charge is 2.19. The molecule has 0 atom stereocenters. The molecule has 0 bridgehead atoms. The van der Waals surface area contributed by atoms with Crippen LogP contribution in [0.1, 0.15) is 11.3 Å². The number of aliphatic hydroxyl groups excluding tert-OH is 1. The Bertz CT molecular complexity index is 1320. The summed E-state index contributed by atoms with van der Waals surface area (Å²) in [6.45, 7) is 4.70. The molecule has 0 fully saturated rings. The number of hydrogen-bond donors (Lipinski definition) is 1. The molecule has 0 aliphatic carbocycles. The molecule has 0 radical (unpaired) electrons. The van der Waals surface area contributed by atoms with Gasteiger partial charge in [-0.1, -0.05) is 47.7 Å². The second-order valence-electron chi connectivity index (χ2n) is 6.95. The second kappa shape index (κ2) is 6.65. The molecule has 28 heavy (non-hydrogen) atoms. The van der Waals surface area contributed by atoms with Crippen molar-refractivity contribution in [3.8, 4) is 0 Å². The van der Waals surface area contributed by atoms with Crippen LogP contribution in [-0.2, 0) is 6.54 Å². The minimum Gasteiger partial charge on any atom is -0.395 e. The third kappa shape index (κ3) is 2.60. The smallest absolute Gasteiger partial charge is 0.171 e. The SMILES string of the molecule is Cc1ccc(Sc2c(C)nn3c2ncc2c4ccccc4n(CCO)c23)cc1. The van der Waals surface area contributed by atoms with E-state index < -0.39 is 0 Å². The van der Waals surface area contributed by atoms with Crippen molar-refractivity contribution < 1.29 is 5.11 Å². The number of nitrogens with zero attached hydrogens (tertiary/aromatic N) is 4. The molecule has 0 aliphatic heterocycles. The summed E-state index contributed by atoms with van der Waals surface area (Å²) in [6.07, 6.45) is 1.93. The molecule has 5 nitrogen and oxygen atoms in total. The molecule has 2 aromatic carbocycles. The van der Waals surface area contributed by atoms with E-state index in [0.717, 1.165) is 38.2 Å². The van der Waals surface area contributed by atoms with Gasteiger partial charge in [-0.15, -0.1) is 0 Å². The maximum absolute atomic E-state index is 9.64. The Morgan fingerprint density at radius 3 is 2.57 bits per heavy atom. The Hall–Kier alpha value is -2.83. The second-order valence-corrected chi connectivity index (χ2v) is 8.04. The van der Waals surface area contributed by atoms with E-state index >= 15 is 0 Å². The van der Waals surface area contributed by atoms with Crippen LogP contribution in [0, 0.1) is 13.8 Å². The van der Waals surface area contributed by atoms with Crippen molar-refractivity contribution in [2.45, 2.75) is 30.2 Å². The molecule has 5 rings (SSSR count). The predicted molar refractivity (Wildman–Crippen MR) is 113 cm³/mol. The highest BCUT2D eigenvalue weighted by Crippen LogP contribution is 2.36. The Balaban J connectivity index is 1.78. The Labute approximate surface area is 166 Å². The van der Waals surface area contributed by atoms with E-state index in [4.69, 9.17) is 10.1 Å². The van der Waals surface area contributed by atoms with Crippen molar-refractivity contribution >= 4 is 39.3 Å². The van der Waals surface area contributed by atoms with Crippen LogP contribution in [-0.4, -0.2) is 30.9 Å². The van der Waals surface area contributed by atoms with Crippen molar-refractivity contribution in [3.63, 3.8) is 0 Å². The number of hydrogen-bond acceptors (Lipinski definition) is 4. The van der Waals surface area contributed by atoms with E-state index in [1.54, 1.807) is 11.8 Å². The summed E-state index contributed by atoms with van der Waals surface area (Å²) in [4.78, 5) is 7.00. The van der Waals surface area contributed by atoms with Crippen LogP contribution in [0.4, 0.5) is 0 Å². The monoisotopic (exact) mass is 388 g/mol. The Morgan fingerprint density at radius 1 is 1.00 bits per heavy atom. The largest absolute Gasteiger partial charge is 0.395 e. The van der Waals surface area contributed by atoms with Gasteiger partial charge in [0.25, 0.3) is 0 Å². The van der Waals surface area contributed by atoms with Crippen molar-refractivity contribution in [2.75, 3.05) is 6.61 Å². The summed E-state index contributed by atoms with van der Waals surface area (Å²) < 4.78 is 4.06. The third-order valence-corrected chi connectivity index (χ3v) is 6.23. The van der Waals surface area contributed by atoms with Crippen LogP contribution in [0.25, 0.3) is 27.6 Å². The van der Waals surface area contributed by atoms with Crippen molar-refractivity contribution in [3.05, 3.63) is 66.0 Å². The highest BCUT2D eigenvalue weighted by atomic mass is 32.2. The molecule has 3 heterocycles. The van der Waals surface area contributed by atoms with E-state index in [1.807, 2.05) is 29.8 Å². The van der Waals surface area contributed by atoms with Crippen LogP contribution in [0.15, 0.2) is 64.5 Å². The fourth-order valence-corrected chi connectivity index (χ4v) is 4.66. The summed E-state index contributed by atoms with van der Waals surface area (Å²) in [6, 6.07) is 16.7. The van der Waals surface area contributed by atoms with Crippen molar-refractivity contribution in [1.82, 2.24) is 19.2 Å². The standard InChI is InChI=1S/C22H20N4OS/c1-14-7-9-16(10-8-14)28-20-15(2)24-26-21(20)23-13-18-17-5-3-4-6-19(17)25(11-12-27)22(18)26/h3-10,13,27H,11-12H2,1-2H3. The highest BCUT2D eigenvalue weighted by molar-refractivity contribution is 7.99. The quantitative estimate of drug-likeness (QED) is 0.489. The summed E-state index contributed by atoms with van der Waals surface area (Å²) in [7, 11) is 0. The lowest BCUT2D eigenvalue weighted by Gasteiger charge is -2.06. The number of para-hydroxylation sites is 1. The lowest BCUT2D eigenvalue weighted by Crippen LogP contribution is -2.05. The summed E-state index contributed by atoms with van der Waals surface area (Å²) >= 11 is 1.69. The molecule has 0 spiro atoms. The zero-order chi connectivity index (χ0) is 19.3. The van der Waals surface area contributed by atoms with Gasteiger partial charge < -0.3 is 9.67 Å². The van der Waals surface area contributed by atoms with Crippen LogP contribution in [0.3, 0.4) is 0 Å². The minimum absolute atomic E-state index is 0.0722. The maximum atomic E-state index is 9.64. The van der Waals surface area contributed by atoms with Gasteiger partial charge in [0.2, 0.25) is 0 Å². The first-order valence-electron chi connectivity index (χ1n) is 9.28. The first-order chi connectivity index (χ1) is 13.7. The molecule has 0 saturated heterocycles. The first kappa shape index (κ1) is 17.3. The topological polar surface area (TPSA) is 55.4 Å². The molecule has 3 aromatic heterocycles. The van der Waals surface area contributed by atoms with E-state index in [1.165, 1.54) is 10.5 Å². The van der Waals surface area contributed by atoms with Crippen LogP contribution < -0.4 is 0 Å². The van der Waals surface area contributed by atoms with Gasteiger partial charge in [-0.3, -0.25) is 0 Å². The molecule has 5 aromatic rings. The van der Waals surface area contributed by atoms with E-state index in [9.17, 15) is 5.11 Å². The third-order valence-electron chi connectivity index (χ3n) is 5.04. The van der Waals surface area contributed by atoms with E-state index in [0.29, 0.717) is 6.54 Å². The van der Waals surface area contributed by atoms with Crippen LogP contribution in [0.2, 0.25) is 0 Å². The molecular weight excluding hydrogens is 368 g/mol. The van der Waals surface area contributed by atoms with Gasteiger partial charge in [0.05, 0.1) is 22.7 Å². The normalized spacial score (nSPS) is 11.8. The summed E-state index contributed by atoms with van der Waals surface area (Å²) in [5, 5.41) is 16.6. The van der Waals surface area contributed by atoms with Gasteiger partial charge in [-0.2, -0.15) is 9.61 Å². The maximum Gasteiger partial charge on any atom is 0.171 e. The minimum atomic E-state index is 0.0722. The van der Waals surface area contributed by atoms with Gasteiger partial charge in [-0.25, -0.2) is 4.98 Å². The molecule has 6 heteroatoms. The average molecular weight is 388 g/mol. The fraction of sp³-hybridized carbons (Fsp3) is 0.182. The number of fused-ring (bicyclic) bond motifs is 5. The lowest BCUT2D eigenvalue weighted by atomic mass is 10.2. The van der Waals surface area contributed by atoms with Crippen LogP contribution >= 0.6 is 11.8 Å². The zero-order valence-electron chi connectivity index (χ0n) is 15.8. The van der Waals surface area contributed by atoms with Gasteiger partial charge in [0, 0.05) is 28.4 Å².